The maximum absolute atomic E-state index is 12.2. The van der Waals surface area contributed by atoms with Crippen LogP contribution < -0.4 is 5.32 Å². The number of hydrogen-bond acceptors (Lipinski definition) is 3. The highest BCUT2D eigenvalue weighted by Crippen LogP contribution is 2.21. The largest absolute Gasteiger partial charge is 0.389 e. The first-order valence-electron chi connectivity index (χ1n) is 6.44. The molecule has 0 fully saturated rings. The van der Waals surface area contributed by atoms with E-state index in [0.717, 1.165) is 36.5 Å². The van der Waals surface area contributed by atoms with Crippen LogP contribution in [-0.4, -0.2) is 29.2 Å². The molecule has 0 aliphatic heterocycles. The van der Waals surface area contributed by atoms with E-state index in [9.17, 15) is 13.2 Å². The zero-order valence-electron chi connectivity index (χ0n) is 11.6. The normalized spacial score (nSPS) is 11.9. The Morgan fingerprint density at radius 3 is 2.11 bits per heavy atom. The molecule has 108 valence electrons. The lowest BCUT2D eigenvalue weighted by molar-refractivity contribution is -0.134. The summed E-state index contributed by atoms with van der Waals surface area (Å²) in [5.74, 6) is 0.277. The summed E-state index contributed by atoms with van der Waals surface area (Å²) in [6.07, 6.45) is -4.39. The SMILES string of the molecule is CCNCCc1c(C)nc(CCC(F)(F)F)nc1C. The minimum Gasteiger partial charge on any atom is -0.317 e. The van der Waals surface area contributed by atoms with Crippen LogP contribution in [0.5, 0.6) is 0 Å². The van der Waals surface area contributed by atoms with Crippen LogP contribution in [0.25, 0.3) is 0 Å². The minimum atomic E-state index is -4.16. The molecule has 0 saturated carbocycles. The first-order valence-corrected chi connectivity index (χ1v) is 6.44. The van der Waals surface area contributed by atoms with E-state index in [1.165, 1.54) is 0 Å². The molecule has 19 heavy (non-hydrogen) atoms. The van der Waals surface area contributed by atoms with Gasteiger partial charge in [-0.2, -0.15) is 13.2 Å². The summed E-state index contributed by atoms with van der Waals surface area (Å²) in [6.45, 7) is 7.39. The number of nitrogens with one attached hydrogen (secondary N) is 1. The average Bonchev–Trinajstić information content (AvgIpc) is 2.29. The zero-order valence-corrected chi connectivity index (χ0v) is 11.6. The van der Waals surface area contributed by atoms with Crippen LogP contribution in [0.15, 0.2) is 0 Å². The van der Waals surface area contributed by atoms with Crippen molar-refractivity contribution < 1.29 is 13.2 Å². The first kappa shape index (κ1) is 15.9. The van der Waals surface area contributed by atoms with Gasteiger partial charge in [0, 0.05) is 17.8 Å². The van der Waals surface area contributed by atoms with Crippen molar-refractivity contribution in [1.82, 2.24) is 15.3 Å². The van der Waals surface area contributed by atoms with E-state index in [0.29, 0.717) is 0 Å². The van der Waals surface area contributed by atoms with Crippen molar-refractivity contribution >= 4 is 0 Å². The van der Waals surface area contributed by atoms with Gasteiger partial charge in [0.25, 0.3) is 0 Å². The Kier molecular flexibility index (Phi) is 5.72. The molecule has 0 aliphatic carbocycles. The van der Waals surface area contributed by atoms with Gasteiger partial charge in [-0.15, -0.1) is 0 Å². The number of halogens is 3. The second-order valence-electron chi connectivity index (χ2n) is 4.51. The second-order valence-corrected chi connectivity index (χ2v) is 4.51. The number of likely N-dealkylation sites (N-methyl/N-ethyl adjacent to an activating group) is 1. The van der Waals surface area contributed by atoms with Crippen LogP contribution in [0.3, 0.4) is 0 Å². The van der Waals surface area contributed by atoms with Crippen LogP contribution >= 0.6 is 0 Å². The maximum atomic E-state index is 12.2. The molecule has 1 rings (SSSR count). The summed E-state index contributed by atoms with van der Waals surface area (Å²) < 4.78 is 36.5. The van der Waals surface area contributed by atoms with Gasteiger partial charge in [0.05, 0.1) is 6.42 Å². The molecule has 1 aromatic rings. The Morgan fingerprint density at radius 1 is 1.05 bits per heavy atom. The van der Waals surface area contributed by atoms with Gasteiger partial charge in [-0.05, 0) is 38.9 Å². The lowest BCUT2D eigenvalue weighted by Gasteiger charge is -2.12. The molecule has 0 atom stereocenters. The number of alkyl halides is 3. The summed E-state index contributed by atoms with van der Waals surface area (Å²) in [4.78, 5) is 8.35. The average molecular weight is 275 g/mol. The summed E-state index contributed by atoms with van der Waals surface area (Å²) in [6, 6.07) is 0. The fraction of sp³-hybridized carbons (Fsp3) is 0.692. The predicted molar refractivity (Wildman–Crippen MR) is 68.1 cm³/mol. The second kappa shape index (κ2) is 6.84. The molecule has 6 heteroatoms. The fourth-order valence-electron chi connectivity index (χ4n) is 1.93. The third-order valence-electron chi connectivity index (χ3n) is 2.90. The molecule has 1 N–H and O–H groups in total. The molecule has 0 radical (unpaired) electrons. The molecule has 0 unspecified atom stereocenters. The Labute approximate surface area is 111 Å². The molecule has 1 heterocycles. The Morgan fingerprint density at radius 2 is 1.63 bits per heavy atom. The van der Waals surface area contributed by atoms with Crippen LogP contribution in [0.2, 0.25) is 0 Å². The van der Waals surface area contributed by atoms with Crippen molar-refractivity contribution in [3.63, 3.8) is 0 Å². The Balaban J connectivity index is 2.73. The van der Waals surface area contributed by atoms with Gasteiger partial charge >= 0.3 is 6.18 Å². The van der Waals surface area contributed by atoms with Crippen LogP contribution in [0, 0.1) is 13.8 Å². The van der Waals surface area contributed by atoms with Crippen molar-refractivity contribution in [1.29, 1.82) is 0 Å². The molecule has 0 saturated heterocycles. The van der Waals surface area contributed by atoms with Gasteiger partial charge < -0.3 is 5.32 Å². The van der Waals surface area contributed by atoms with E-state index in [1.807, 2.05) is 20.8 Å². The molecule has 0 aromatic carbocycles. The van der Waals surface area contributed by atoms with Crippen molar-refractivity contribution in [3.8, 4) is 0 Å². The van der Waals surface area contributed by atoms with E-state index >= 15 is 0 Å². The van der Waals surface area contributed by atoms with Crippen LogP contribution in [0.4, 0.5) is 13.2 Å². The molecule has 3 nitrogen and oxygen atoms in total. The molecule has 0 bridgehead atoms. The highest BCUT2D eigenvalue weighted by atomic mass is 19.4. The molecule has 0 aliphatic rings. The zero-order chi connectivity index (χ0) is 14.5. The predicted octanol–water partition coefficient (Wildman–Crippen LogP) is 2.74. The fourth-order valence-corrected chi connectivity index (χ4v) is 1.93. The quantitative estimate of drug-likeness (QED) is 0.811. The molecule has 1 aromatic heterocycles. The highest BCUT2D eigenvalue weighted by molar-refractivity contribution is 5.24. The van der Waals surface area contributed by atoms with Crippen molar-refractivity contribution in [3.05, 3.63) is 22.8 Å². The summed E-state index contributed by atoms with van der Waals surface area (Å²) >= 11 is 0. The van der Waals surface area contributed by atoms with E-state index < -0.39 is 12.6 Å². The van der Waals surface area contributed by atoms with Gasteiger partial charge in [-0.1, -0.05) is 6.92 Å². The van der Waals surface area contributed by atoms with E-state index in [2.05, 4.69) is 15.3 Å². The topological polar surface area (TPSA) is 37.8 Å². The van der Waals surface area contributed by atoms with Crippen molar-refractivity contribution in [2.75, 3.05) is 13.1 Å². The third-order valence-corrected chi connectivity index (χ3v) is 2.90. The molecule has 0 spiro atoms. The minimum absolute atomic E-state index is 0.154. The van der Waals surface area contributed by atoms with Gasteiger partial charge in [0.1, 0.15) is 5.82 Å². The standard InChI is InChI=1S/C13H20F3N3/c1-4-17-8-6-11-9(2)18-12(19-10(11)3)5-7-13(14,15)16/h17H,4-8H2,1-3H3. The Hall–Kier alpha value is -1.17. The van der Waals surface area contributed by atoms with Crippen LogP contribution in [0.1, 0.15) is 36.1 Å². The third kappa shape index (κ3) is 5.55. The summed E-state index contributed by atoms with van der Waals surface area (Å²) in [5.41, 5.74) is 2.59. The van der Waals surface area contributed by atoms with Crippen molar-refractivity contribution in [2.24, 2.45) is 0 Å². The first-order chi connectivity index (χ1) is 8.83. The van der Waals surface area contributed by atoms with E-state index in [1.54, 1.807) is 0 Å². The van der Waals surface area contributed by atoms with Gasteiger partial charge in [0.15, 0.2) is 0 Å². The molecular formula is C13H20F3N3. The van der Waals surface area contributed by atoms with Crippen molar-refractivity contribution in [2.45, 2.75) is 46.2 Å². The monoisotopic (exact) mass is 275 g/mol. The number of aryl methyl sites for hydroxylation is 3. The van der Waals surface area contributed by atoms with Gasteiger partial charge in [-0.3, -0.25) is 0 Å². The maximum Gasteiger partial charge on any atom is 0.389 e. The van der Waals surface area contributed by atoms with Gasteiger partial charge in [-0.25, -0.2) is 9.97 Å². The van der Waals surface area contributed by atoms with Gasteiger partial charge in [0.2, 0.25) is 0 Å². The highest BCUT2D eigenvalue weighted by Gasteiger charge is 2.27. The Bertz CT molecular complexity index is 393. The van der Waals surface area contributed by atoms with E-state index in [-0.39, 0.29) is 12.2 Å². The summed E-state index contributed by atoms with van der Waals surface area (Å²) in [5, 5.41) is 3.21. The van der Waals surface area contributed by atoms with Crippen LogP contribution in [-0.2, 0) is 12.8 Å². The lowest BCUT2D eigenvalue weighted by Crippen LogP contribution is -2.18. The smallest absolute Gasteiger partial charge is 0.317 e. The number of aromatic nitrogens is 2. The lowest BCUT2D eigenvalue weighted by atomic mass is 10.1. The summed E-state index contributed by atoms with van der Waals surface area (Å²) in [7, 11) is 0. The molecule has 0 amide bonds. The number of rotatable bonds is 6. The number of hydrogen-bond donors (Lipinski definition) is 1. The number of nitrogens with zero attached hydrogens (tertiary/aromatic N) is 2. The molecular weight excluding hydrogens is 255 g/mol. The van der Waals surface area contributed by atoms with E-state index in [4.69, 9.17) is 0 Å².